The Balaban J connectivity index is 3.16. The number of hydrogen-bond acceptors (Lipinski definition) is 1. The number of halogens is 2. The van der Waals surface area contributed by atoms with Crippen LogP contribution < -0.4 is 0 Å². The summed E-state index contributed by atoms with van der Waals surface area (Å²) in [7, 11) is 0. The molecule has 0 atom stereocenters. The fraction of sp³-hybridized carbons (Fsp3) is 1.00. The molecular weight excluding hydrogens is 296 g/mol. The minimum Gasteiger partial charge on any atom is -0.394 e. The quantitative estimate of drug-likeness (QED) is 0.525. The molecule has 0 aliphatic heterocycles. The first kappa shape index (κ1) is 13.9. The summed E-state index contributed by atoms with van der Waals surface area (Å²) in [6, 6.07) is 0. The lowest BCUT2D eigenvalue weighted by atomic mass is 10.1. The topological polar surface area (TPSA) is 20.2 Å². The first-order chi connectivity index (χ1) is 6.12. The predicted molar refractivity (Wildman–Crippen MR) is 65.7 cm³/mol. The number of alkyl halides is 2. The number of aliphatic hydroxyl groups excluding tert-OH is 1. The van der Waals surface area contributed by atoms with Gasteiger partial charge in [-0.2, -0.15) is 0 Å². The Kier molecular flexibility index (Phi) is 8.83. The average molecular weight is 316 g/mol. The van der Waals surface area contributed by atoms with Crippen molar-refractivity contribution in [1.82, 2.24) is 0 Å². The van der Waals surface area contributed by atoms with E-state index in [-0.39, 0.29) is 9.84 Å². The molecule has 0 aromatic heterocycles. The van der Waals surface area contributed by atoms with Crippen LogP contribution in [0.3, 0.4) is 0 Å². The Bertz CT molecular complexity index is 115. The summed E-state index contributed by atoms with van der Waals surface area (Å²) in [6.07, 6.45) is 8.79. The van der Waals surface area contributed by atoms with Crippen molar-refractivity contribution >= 4 is 31.9 Å². The van der Waals surface area contributed by atoms with E-state index in [0.717, 1.165) is 6.42 Å². The fourth-order valence-corrected chi connectivity index (χ4v) is 1.80. The summed E-state index contributed by atoms with van der Waals surface area (Å²) in [4.78, 5) is 0. The maximum Gasteiger partial charge on any atom is 0.103 e. The third-order valence-electron chi connectivity index (χ3n) is 2.13. The lowest BCUT2D eigenvalue weighted by Crippen LogP contribution is -2.16. The Hall–Kier alpha value is 0.920. The largest absolute Gasteiger partial charge is 0.394 e. The van der Waals surface area contributed by atoms with Crippen LogP contribution in [0, 0.1) is 0 Å². The molecule has 80 valence electrons. The molecule has 0 aliphatic carbocycles. The maximum absolute atomic E-state index is 8.94. The maximum atomic E-state index is 8.94. The van der Waals surface area contributed by atoms with Crippen molar-refractivity contribution in [2.75, 3.05) is 6.61 Å². The van der Waals surface area contributed by atoms with Crippen LogP contribution in [0.5, 0.6) is 0 Å². The summed E-state index contributed by atoms with van der Waals surface area (Å²) in [6.45, 7) is 2.38. The molecule has 0 unspecified atom stereocenters. The molecule has 1 N–H and O–H groups in total. The molecule has 0 saturated carbocycles. The number of rotatable bonds is 8. The van der Waals surface area contributed by atoms with Crippen molar-refractivity contribution < 1.29 is 5.11 Å². The number of unbranched alkanes of at least 4 members (excludes halogenated alkanes) is 5. The molecule has 0 heterocycles. The highest BCUT2D eigenvalue weighted by atomic mass is 79.9. The number of aliphatic hydroxyl groups is 1. The molecule has 0 rings (SSSR count). The minimum absolute atomic E-state index is 0.155. The molecule has 0 spiro atoms. The first-order valence-electron chi connectivity index (χ1n) is 5.11. The van der Waals surface area contributed by atoms with Gasteiger partial charge < -0.3 is 5.11 Å². The molecule has 0 amide bonds. The summed E-state index contributed by atoms with van der Waals surface area (Å²) in [5, 5.41) is 8.94. The van der Waals surface area contributed by atoms with Gasteiger partial charge in [0.15, 0.2) is 0 Å². The molecule has 1 nitrogen and oxygen atoms in total. The van der Waals surface area contributed by atoms with Crippen LogP contribution in [-0.2, 0) is 0 Å². The third-order valence-corrected chi connectivity index (χ3v) is 3.42. The predicted octanol–water partition coefficient (Wildman–Crippen LogP) is 4.22. The van der Waals surface area contributed by atoms with Gasteiger partial charge in [-0.05, 0) is 6.42 Å². The molecule has 0 aliphatic rings. The van der Waals surface area contributed by atoms with Crippen molar-refractivity contribution in [3.63, 3.8) is 0 Å². The monoisotopic (exact) mass is 314 g/mol. The zero-order valence-electron chi connectivity index (χ0n) is 8.36. The smallest absolute Gasteiger partial charge is 0.103 e. The van der Waals surface area contributed by atoms with Crippen molar-refractivity contribution in [3.8, 4) is 0 Å². The van der Waals surface area contributed by atoms with E-state index in [4.69, 9.17) is 5.11 Å². The van der Waals surface area contributed by atoms with Gasteiger partial charge in [0.1, 0.15) is 3.23 Å². The standard InChI is InChI=1S/C10H20Br2O/c1-2-3-4-5-6-7-8-10(11,12)9-13/h13H,2-9H2,1H3. The van der Waals surface area contributed by atoms with Crippen LogP contribution in [0.25, 0.3) is 0 Å². The molecule has 0 aromatic rings. The van der Waals surface area contributed by atoms with E-state index >= 15 is 0 Å². The van der Waals surface area contributed by atoms with Crippen LogP contribution in [0.1, 0.15) is 51.9 Å². The second kappa shape index (κ2) is 8.25. The summed E-state index contributed by atoms with van der Waals surface area (Å²) in [5.74, 6) is 0. The third kappa shape index (κ3) is 9.23. The van der Waals surface area contributed by atoms with Gasteiger partial charge in [0.05, 0.1) is 6.61 Å². The zero-order valence-corrected chi connectivity index (χ0v) is 11.5. The second-order valence-electron chi connectivity index (χ2n) is 3.53. The SMILES string of the molecule is CCCCCCCCC(Br)(Br)CO. The molecule has 0 saturated heterocycles. The van der Waals surface area contributed by atoms with Crippen LogP contribution in [0.15, 0.2) is 0 Å². The van der Waals surface area contributed by atoms with Crippen molar-refractivity contribution in [1.29, 1.82) is 0 Å². The normalized spacial score (nSPS) is 12.0. The van der Waals surface area contributed by atoms with Crippen molar-refractivity contribution in [2.45, 2.75) is 55.1 Å². The Morgan fingerprint density at radius 2 is 1.54 bits per heavy atom. The van der Waals surface area contributed by atoms with Crippen molar-refractivity contribution in [3.05, 3.63) is 0 Å². The molecule has 3 heteroatoms. The molecule has 13 heavy (non-hydrogen) atoms. The number of hydrogen-bond donors (Lipinski definition) is 1. The second-order valence-corrected chi connectivity index (χ2v) is 7.63. The van der Waals surface area contributed by atoms with E-state index < -0.39 is 0 Å². The van der Waals surface area contributed by atoms with Crippen LogP contribution in [-0.4, -0.2) is 14.9 Å². The van der Waals surface area contributed by atoms with Crippen LogP contribution >= 0.6 is 31.9 Å². The van der Waals surface area contributed by atoms with Crippen molar-refractivity contribution in [2.24, 2.45) is 0 Å². The van der Waals surface area contributed by atoms with Gasteiger partial charge >= 0.3 is 0 Å². The van der Waals surface area contributed by atoms with E-state index in [0.29, 0.717) is 0 Å². The minimum atomic E-state index is -0.231. The van der Waals surface area contributed by atoms with Gasteiger partial charge in [-0.15, -0.1) is 0 Å². The van der Waals surface area contributed by atoms with Gasteiger partial charge in [0.25, 0.3) is 0 Å². The van der Waals surface area contributed by atoms with Crippen LogP contribution in [0.4, 0.5) is 0 Å². The Morgan fingerprint density at radius 3 is 2.08 bits per heavy atom. The molecular formula is C10H20Br2O. The molecule has 0 radical (unpaired) electrons. The summed E-state index contributed by atoms with van der Waals surface area (Å²) >= 11 is 6.86. The highest BCUT2D eigenvalue weighted by Gasteiger charge is 2.19. The van der Waals surface area contributed by atoms with E-state index in [9.17, 15) is 0 Å². The molecule has 0 fully saturated rings. The van der Waals surface area contributed by atoms with E-state index in [1.54, 1.807) is 0 Å². The first-order valence-corrected chi connectivity index (χ1v) is 6.69. The van der Waals surface area contributed by atoms with Gasteiger partial charge in [0, 0.05) is 0 Å². The Labute approximate surface area is 98.6 Å². The summed E-state index contributed by atoms with van der Waals surface area (Å²) in [5.41, 5.74) is 0. The highest BCUT2D eigenvalue weighted by molar-refractivity contribution is 9.25. The van der Waals surface area contributed by atoms with E-state index in [1.807, 2.05) is 0 Å². The fourth-order valence-electron chi connectivity index (χ4n) is 1.24. The lowest BCUT2D eigenvalue weighted by Gasteiger charge is -2.16. The van der Waals surface area contributed by atoms with Gasteiger partial charge in [-0.25, -0.2) is 0 Å². The van der Waals surface area contributed by atoms with E-state index in [2.05, 4.69) is 38.8 Å². The molecule has 0 bridgehead atoms. The van der Waals surface area contributed by atoms with Gasteiger partial charge in [-0.3, -0.25) is 0 Å². The molecule has 0 aromatic carbocycles. The van der Waals surface area contributed by atoms with E-state index in [1.165, 1.54) is 38.5 Å². The Morgan fingerprint density at radius 1 is 1.00 bits per heavy atom. The average Bonchev–Trinajstić information content (AvgIpc) is 2.11. The lowest BCUT2D eigenvalue weighted by molar-refractivity contribution is 0.282. The highest BCUT2D eigenvalue weighted by Crippen LogP contribution is 2.31. The summed E-state index contributed by atoms with van der Waals surface area (Å²) < 4.78 is -0.231. The van der Waals surface area contributed by atoms with Gasteiger partial charge in [0.2, 0.25) is 0 Å². The van der Waals surface area contributed by atoms with Crippen LogP contribution in [0.2, 0.25) is 0 Å². The van der Waals surface area contributed by atoms with Gasteiger partial charge in [-0.1, -0.05) is 77.3 Å². The zero-order chi connectivity index (χ0) is 10.2.